The second-order valence-electron chi connectivity index (χ2n) is 6.66. The van der Waals surface area contributed by atoms with Crippen LogP contribution in [0.25, 0.3) is 0 Å². The largest absolute Gasteiger partial charge is 0.508 e. The van der Waals surface area contributed by atoms with E-state index in [1.807, 2.05) is 44.6 Å². The molecular formula is C18H25N5O2. The number of aryl methyl sites for hydroxylation is 2. The number of phenols is 1. The third-order valence-electron chi connectivity index (χ3n) is 4.87. The lowest BCUT2D eigenvalue weighted by Gasteiger charge is -2.17. The smallest absolute Gasteiger partial charge is 0.239 e. The summed E-state index contributed by atoms with van der Waals surface area (Å²) in [5.74, 6) is 0.198. The molecule has 2 heterocycles. The molecule has 2 aromatic rings. The first-order valence-electron chi connectivity index (χ1n) is 8.47. The summed E-state index contributed by atoms with van der Waals surface area (Å²) < 4.78 is 1.84. The second-order valence-corrected chi connectivity index (χ2v) is 6.66. The highest BCUT2D eigenvalue weighted by molar-refractivity contribution is 5.82. The van der Waals surface area contributed by atoms with Crippen LogP contribution < -0.4 is 16.2 Å². The number of hydrogen-bond acceptors (Lipinski definition) is 5. The topological polar surface area (TPSA) is 91.2 Å². The molecule has 3 unspecified atom stereocenters. The van der Waals surface area contributed by atoms with Gasteiger partial charge in [-0.3, -0.25) is 9.48 Å². The van der Waals surface area contributed by atoms with Crippen LogP contribution in [0.5, 0.6) is 5.75 Å². The van der Waals surface area contributed by atoms with Crippen molar-refractivity contribution in [3.05, 3.63) is 46.8 Å². The van der Waals surface area contributed by atoms with E-state index in [1.54, 1.807) is 12.1 Å². The van der Waals surface area contributed by atoms with Gasteiger partial charge in [0.15, 0.2) is 0 Å². The van der Waals surface area contributed by atoms with Crippen molar-refractivity contribution in [3.63, 3.8) is 0 Å². The van der Waals surface area contributed by atoms with Gasteiger partial charge >= 0.3 is 0 Å². The fourth-order valence-corrected chi connectivity index (χ4v) is 3.46. The minimum Gasteiger partial charge on any atom is -0.508 e. The van der Waals surface area contributed by atoms with Gasteiger partial charge in [-0.25, -0.2) is 10.9 Å². The lowest BCUT2D eigenvalue weighted by Crippen LogP contribution is -2.44. The van der Waals surface area contributed by atoms with E-state index < -0.39 is 0 Å². The zero-order valence-corrected chi connectivity index (χ0v) is 15.0. The molecule has 1 aliphatic heterocycles. The van der Waals surface area contributed by atoms with E-state index in [2.05, 4.69) is 21.3 Å². The Kier molecular flexibility index (Phi) is 4.78. The molecule has 7 nitrogen and oxygen atoms in total. The van der Waals surface area contributed by atoms with Gasteiger partial charge in [0.2, 0.25) is 5.91 Å². The number of aromatic nitrogens is 2. The summed E-state index contributed by atoms with van der Waals surface area (Å²) in [4.78, 5) is 12.6. The van der Waals surface area contributed by atoms with Gasteiger partial charge in [0.05, 0.1) is 11.7 Å². The van der Waals surface area contributed by atoms with Crippen LogP contribution in [0.2, 0.25) is 0 Å². The summed E-state index contributed by atoms with van der Waals surface area (Å²) in [5, 5.41) is 16.9. The molecule has 0 aliphatic carbocycles. The van der Waals surface area contributed by atoms with E-state index in [0.717, 1.165) is 22.5 Å². The number of rotatable bonds is 4. The van der Waals surface area contributed by atoms with Crippen molar-refractivity contribution in [2.24, 2.45) is 7.05 Å². The molecule has 1 aromatic heterocycles. The highest BCUT2D eigenvalue weighted by atomic mass is 16.3. The Morgan fingerprint density at radius 1 is 1.32 bits per heavy atom. The molecule has 3 rings (SSSR count). The number of hydrazine groups is 1. The van der Waals surface area contributed by atoms with Crippen LogP contribution in [-0.4, -0.2) is 26.8 Å². The summed E-state index contributed by atoms with van der Waals surface area (Å²) in [6.45, 7) is 5.95. The Balaban J connectivity index is 1.63. The van der Waals surface area contributed by atoms with E-state index >= 15 is 0 Å². The van der Waals surface area contributed by atoms with E-state index in [1.165, 1.54) is 0 Å². The molecule has 7 heteroatoms. The Morgan fingerprint density at radius 3 is 2.60 bits per heavy atom. The van der Waals surface area contributed by atoms with Crippen LogP contribution >= 0.6 is 0 Å². The Morgan fingerprint density at radius 2 is 2.00 bits per heavy atom. The number of benzene rings is 1. The molecule has 1 aromatic carbocycles. The van der Waals surface area contributed by atoms with Gasteiger partial charge in [-0.15, -0.1) is 0 Å². The maximum atomic E-state index is 12.6. The Hall–Kier alpha value is -2.38. The maximum Gasteiger partial charge on any atom is 0.239 e. The van der Waals surface area contributed by atoms with Gasteiger partial charge in [0, 0.05) is 24.3 Å². The van der Waals surface area contributed by atoms with Crippen LogP contribution in [0, 0.1) is 13.8 Å². The minimum atomic E-state index is -0.307. The summed E-state index contributed by atoms with van der Waals surface area (Å²) in [7, 11) is 1.91. The van der Waals surface area contributed by atoms with Crippen LogP contribution in [0.1, 0.15) is 47.9 Å². The quantitative estimate of drug-likeness (QED) is 0.676. The molecule has 0 radical (unpaired) electrons. The molecule has 3 atom stereocenters. The molecule has 0 saturated carbocycles. The number of hydrogen-bond donors (Lipinski definition) is 4. The van der Waals surface area contributed by atoms with Gasteiger partial charge in [-0.2, -0.15) is 5.10 Å². The lowest BCUT2D eigenvalue weighted by molar-refractivity contribution is -0.123. The number of nitrogens with one attached hydrogen (secondary N) is 3. The average Bonchev–Trinajstić information content (AvgIpc) is 3.14. The molecule has 1 fully saturated rings. The molecule has 25 heavy (non-hydrogen) atoms. The number of aromatic hydroxyl groups is 1. The molecule has 1 amide bonds. The monoisotopic (exact) mass is 343 g/mol. The zero-order chi connectivity index (χ0) is 18.1. The number of amides is 1. The van der Waals surface area contributed by atoms with Gasteiger partial charge in [0.1, 0.15) is 11.8 Å². The van der Waals surface area contributed by atoms with Crippen molar-refractivity contribution in [2.75, 3.05) is 0 Å². The van der Waals surface area contributed by atoms with Crippen LogP contribution in [0.4, 0.5) is 0 Å². The van der Waals surface area contributed by atoms with Gasteiger partial charge in [0.25, 0.3) is 0 Å². The third kappa shape index (κ3) is 3.52. The highest BCUT2D eigenvalue weighted by Crippen LogP contribution is 2.25. The fraction of sp³-hybridized carbons (Fsp3) is 0.444. The molecule has 0 bridgehead atoms. The van der Waals surface area contributed by atoms with E-state index in [0.29, 0.717) is 6.42 Å². The Bertz CT molecular complexity index is 769. The SMILES string of the molecule is Cc1nn(C)c(C)c1C(C)NC(=O)C1CC(c2ccc(O)cc2)NN1. The standard InChI is InChI=1S/C18H25N5O2/c1-10(17-11(2)22-23(4)12(17)3)19-18(25)16-9-15(20-21-16)13-5-7-14(24)8-6-13/h5-8,10,15-16,20-21,24H,9H2,1-4H3,(H,19,25). The third-order valence-corrected chi connectivity index (χ3v) is 4.87. The molecule has 1 saturated heterocycles. The molecule has 1 aliphatic rings. The van der Waals surface area contributed by atoms with E-state index in [-0.39, 0.29) is 29.8 Å². The van der Waals surface area contributed by atoms with Crippen molar-refractivity contribution < 1.29 is 9.90 Å². The van der Waals surface area contributed by atoms with Gasteiger partial charge < -0.3 is 10.4 Å². The van der Waals surface area contributed by atoms with Crippen molar-refractivity contribution in [1.82, 2.24) is 25.9 Å². The van der Waals surface area contributed by atoms with E-state index in [9.17, 15) is 9.90 Å². The number of carbonyl (C=O) groups is 1. The lowest BCUT2D eigenvalue weighted by atomic mass is 10.0. The van der Waals surface area contributed by atoms with Crippen LogP contribution in [0.3, 0.4) is 0 Å². The summed E-state index contributed by atoms with van der Waals surface area (Å²) in [6.07, 6.45) is 0.647. The highest BCUT2D eigenvalue weighted by Gasteiger charge is 2.31. The summed E-state index contributed by atoms with van der Waals surface area (Å²) in [5.41, 5.74) is 10.3. The van der Waals surface area contributed by atoms with Gasteiger partial charge in [-0.05, 0) is 44.9 Å². The zero-order valence-electron chi connectivity index (χ0n) is 15.0. The molecule has 0 spiro atoms. The fourth-order valence-electron chi connectivity index (χ4n) is 3.46. The molecular weight excluding hydrogens is 318 g/mol. The van der Waals surface area contributed by atoms with E-state index in [4.69, 9.17) is 0 Å². The maximum absolute atomic E-state index is 12.6. The summed E-state index contributed by atoms with van der Waals surface area (Å²) in [6, 6.07) is 6.66. The first-order chi connectivity index (χ1) is 11.9. The average molecular weight is 343 g/mol. The first kappa shape index (κ1) is 17.4. The van der Waals surface area contributed by atoms with Crippen molar-refractivity contribution in [3.8, 4) is 5.75 Å². The first-order valence-corrected chi connectivity index (χ1v) is 8.47. The van der Waals surface area contributed by atoms with Crippen molar-refractivity contribution >= 4 is 5.91 Å². The second kappa shape index (κ2) is 6.85. The normalized spacial score (nSPS) is 21.3. The van der Waals surface area contributed by atoms with Crippen LogP contribution in [0.15, 0.2) is 24.3 Å². The Labute approximate surface area is 147 Å². The summed E-state index contributed by atoms with van der Waals surface area (Å²) >= 11 is 0. The number of nitrogens with zero attached hydrogens (tertiary/aromatic N) is 2. The molecule has 4 N–H and O–H groups in total. The number of carbonyl (C=O) groups excluding carboxylic acids is 1. The number of phenolic OH excluding ortho intramolecular Hbond substituents is 1. The minimum absolute atomic E-state index is 0.0357. The predicted molar refractivity (Wildman–Crippen MR) is 94.8 cm³/mol. The van der Waals surface area contributed by atoms with Crippen LogP contribution in [-0.2, 0) is 11.8 Å². The predicted octanol–water partition coefficient (Wildman–Crippen LogP) is 1.53. The molecule has 134 valence electrons. The van der Waals surface area contributed by atoms with Crippen molar-refractivity contribution in [2.45, 2.75) is 45.3 Å². The van der Waals surface area contributed by atoms with Gasteiger partial charge in [-0.1, -0.05) is 12.1 Å². The van der Waals surface area contributed by atoms with Crippen molar-refractivity contribution in [1.29, 1.82) is 0 Å².